The van der Waals surface area contributed by atoms with E-state index in [-0.39, 0.29) is 0 Å². The smallest absolute Gasteiger partial charge is 0.162 e. The lowest BCUT2D eigenvalue weighted by molar-refractivity contribution is 2.07. The fourth-order valence-corrected chi connectivity index (χ4v) is 0. The molecule has 0 saturated carbocycles. The zero-order valence-electron chi connectivity index (χ0n) is 3.46. The third-order valence-electron chi connectivity index (χ3n) is 0. The first-order chi connectivity index (χ1) is 2.00. The van der Waals surface area contributed by atoms with E-state index in [1.807, 2.05) is 0 Å². The van der Waals surface area contributed by atoms with Gasteiger partial charge in [-0.15, -0.1) is 8.79 Å². The van der Waals surface area contributed by atoms with Crippen LogP contribution in [0.2, 0.25) is 13.1 Å². The third kappa shape index (κ3) is 48.5. The predicted octanol–water partition coefficient (Wildman–Crippen LogP) is 1.80. The maximum atomic E-state index is 5.63. The molecule has 0 saturated heterocycles. The molecule has 1 unspecified atom stereocenters. The van der Waals surface area contributed by atoms with Gasteiger partial charge < -0.3 is 0 Å². The molecule has 0 nitrogen and oxygen atoms in total. The largest absolute Gasteiger partial charge is 0.169 e. The van der Waals surface area contributed by atoms with Crippen LogP contribution in [0.3, 0.4) is 0 Å². The Hall–Kier alpha value is 0.937. The molecule has 5 heavy (non-hydrogen) atoms. The van der Waals surface area contributed by atoms with Crippen molar-refractivity contribution in [2.24, 2.45) is 0 Å². The molecule has 1 atom stereocenters. The van der Waals surface area contributed by atoms with E-state index in [9.17, 15) is 0 Å². The van der Waals surface area contributed by atoms with E-state index in [0.29, 0.717) is 0 Å². The molecule has 0 rings (SSSR count). The van der Waals surface area contributed by atoms with E-state index in [1.54, 1.807) is 0 Å². The van der Waals surface area contributed by atoms with Gasteiger partial charge in [-0.25, -0.2) is 0 Å². The van der Waals surface area contributed by atoms with Crippen molar-refractivity contribution in [3.05, 3.63) is 0 Å². The molecule has 0 aromatic heterocycles. The molecule has 0 aromatic carbocycles. The Balaban J connectivity index is 3.02. The number of hydrogen-bond acceptors (Lipinski definition) is 0. The van der Waals surface area contributed by atoms with Crippen LogP contribution in [-0.4, -0.2) is 7.05 Å². The summed E-state index contributed by atoms with van der Waals surface area (Å²) in [7, 11) is 1.40. The van der Waals surface area contributed by atoms with Gasteiger partial charge in [0.15, 0.2) is 7.05 Å². The van der Waals surface area contributed by atoms with Crippen molar-refractivity contribution in [2.75, 3.05) is 0 Å². The normalized spacial score (nSPS) is 12.0. The van der Waals surface area contributed by atoms with Crippen LogP contribution in [0.15, 0.2) is 0 Å². The minimum Gasteiger partial charge on any atom is -0.162 e. The van der Waals surface area contributed by atoms with E-state index >= 15 is 0 Å². The standard InChI is InChI=1S/C2H8ClPSi/c1-5(2,3)4/h4H2,1-2H3. The maximum absolute atomic E-state index is 5.63. The summed E-state index contributed by atoms with van der Waals surface area (Å²) in [6, 6.07) is 0. The molecule has 0 spiro atoms. The van der Waals surface area contributed by atoms with Crippen molar-refractivity contribution in [1.29, 1.82) is 0 Å². The molecule has 0 aliphatic rings. The summed E-state index contributed by atoms with van der Waals surface area (Å²) in [5.74, 6) is 0. The van der Waals surface area contributed by atoms with Crippen molar-refractivity contribution >= 4 is 26.9 Å². The Labute approximate surface area is 40.7 Å². The average Bonchev–Trinajstić information content (AvgIpc) is 0.722. The lowest BCUT2D eigenvalue weighted by Crippen LogP contribution is -2.00. The first kappa shape index (κ1) is 5.94. The second-order valence-electron chi connectivity index (χ2n) is 1.56. The second kappa shape index (κ2) is 1.59. The first-order valence-electron chi connectivity index (χ1n) is 1.48. The predicted molar refractivity (Wildman–Crippen MR) is 33.0 cm³/mol. The highest BCUT2D eigenvalue weighted by molar-refractivity contribution is 7.80. The zero-order valence-corrected chi connectivity index (χ0v) is 6.37. The Bertz CT molecular complexity index is 25.1. The average molecular weight is 127 g/mol. The highest BCUT2D eigenvalue weighted by atomic mass is 35.6. The van der Waals surface area contributed by atoms with Crippen LogP contribution >= 0.6 is 19.9 Å². The van der Waals surface area contributed by atoms with Crippen LogP contribution in [0.5, 0.6) is 0 Å². The van der Waals surface area contributed by atoms with Crippen molar-refractivity contribution in [1.82, 2.24) is 0 Å². The molecule has 0 aliphatic carbocycles. The lowest BCUT2D eigenvalue weighted by Gasteiger charge is -1.97. The van der Waals surface area contributed by atoms with Crippen LogP contribution in [0.4, 0.5) is 0 Å². The van der Waals surface area contributed by atoms with Gasteiger partial charge in [-0.2, -0.15) is 11.1 Å². The summed E-state index contributed by atoms with van der Waals surface area (Å²) in [6.07, 6.45) is 0. The van der Waals surface area contributed by atoms with Gasteiger partial charge in [0.25, 0.3) is 0 Å². The fourth-order valence-electron chi connectivity index (χ4n) is 0. The number of hydrogen-bond donors (Lipinski definition) is 0. The summed E-state index contributed by atoms with van der Waals surface area (Å²) >= 11 is 5.63. The van der Waals surface area contributed by atoms with Gasteiger partial charge >= 0.3 is 0 Å². The van der Waals surface area contributed by atoms with Crippen molar-refractivity contribution in [2.45, 2.75) is 13.1 Å². The van der Waals surface area contributed by atoms with E-state index in [2.05, 4.69) is 21.9 Å². The quantitative estimate of drug-likeness (QED) is 0.264. The first-order valence-corrected chi connectivity index (χ1v) is 7.30. The molecule has 0 N–H and O–H groups in total. The summed E-state index contributed by atoms with van der Waals surface area (Å²) in [5, 5.41) is 0. The van der Waals surface area contributed by atoms with Gasteiger partial charge in [0.05, 0.1) is 0 Å². The van der Waals surface area contributed by atoms with Crippen molar-refractivity contribution in [3.63, 3.8) is 0 Å². The van der Waals surface area contributed by atoms with Gasteiger partial charge in [0.2, 0.25) is 0 Å². The fraction of sp³-hybridized carbons (Fsp3) is 1.00. The summed E-state index contributed by atoms with van der Waals surface area (Å²) < 4.78 is 0. The summed E-state index contributed by atoms with van der Waals surface area (Å²) in [6.45, 7) is 4.11. The molecule has 0 radical (unpaired) electrons. The molecule has 0 aliphatic heterocycles. The Morgan fingerprint density at radius 3 is 1.60 bits per heavy atom. The summed E-state index contributed by atoms with van der Waals surface area (Å²) in [5.41, 5.74) is 0. The number of rotatable bonds is 0. The minimum atomic E-state index is -1.22. The molecule has 0 fully saturated rings. The van der Waals surface area contributed by atoms with Crippen LogP contribution in [0, 0.1) is 0 Å². The Morgan fingerprint density at radius 1 is 1.60 bits per heavy atom. The SMILES string of the molecule is C[Si](C)(P)Cl. The Morgan fingerprint density at radius 2 is 1.60 bits per heavy atom. The summed E-state index contributed by atoms with van der Waals surface area (Å²) in [4.78, 5) is 0. The highest BCUT2D eigenvalue weighted by Crippen LogP contribution is 2.14. The van der Waals surface area contributed by atoms with Crippen molar-refractivity contribution < 1.29 is 0 Å². The molecule has 0 bridgehead atoms. The molecule has 32 valence electrons. The van der Waals surface area contributed by atoms with Crippen LogP contribution < -0.4 is 0 Å². The van der Waals surface area contributed by atoms with Crippen LogP contribution in [0.1, 0.15) is 0 Å². The van der Waals surface area contributed by atoms with E-state index in [1.165, 1.54) is 0 Å². The van der Waals surface area contributed by atoms with Gasteiger partial charge in [-0.05, 0) is 0 Å². The zero-order chi connectivity index (χ0) is 4.50. The van der Waals surface area contributed by atoms with E-state index in [4.69, 9.17) is 11.1 Å². The second-order valence-corrected chi connectivity index (χ2v) is 13.0. The van der Waals surface area contributed by atoms with Crippen LogP contribution in [-0.2, 0) is 0 Å². The molecule has 3 heteroatoms. The van der Waals surface area contributed by atoms with E-state index < -0.39 is 7.05 Å². The molecule has 0 aromatic rings. The highest BCUT2D eigenvalue weighted by Gasteiger charge is 2.04. The maximum Gasteiger partial charge on any atom is 0.169 e. The van der Waals surface area contributed by atoms with Gasteiger partial charge in [-0.1, -0.05) is 13.1 Å². The van der Waals surface area contributed by atoms with Gasteiger partial charge in [0, 0.05) is 0 Å². The van der Waals surface area contributed by atoms with Gasteiger partial charge in [0.1, 0.15) is 0 Å². The molecular formula is C2H8ClPSi. The molecule has 0 heterocycles. The molecular weight excluding hydrogens is 119 g/mol. The molecule has 0 amide bonds. The van der Waals surface area contributed by atoms with Crippen LogP contribution in [0.25, 0.3) is 0 Å². The Kier molecular flexibility index (Phi) is 1.89. The third-order valence-corrected chi connectivity index (χ3v) is 0. The topological polar surface area (TPSA) is 0 Å². The van der Waals surface area contributed by atoms with Gasteiger partial charge in [-0.3, -0.25) is 0 Å². The minimum absolute atomic E-state index is 1.22. The van der Waals surface area contributed by atoms with Crippen molar-refractivity contribution in [3.8, 4) is 0 Å². The lowest BCUT2D eigenvalue weighted by atomic mass is 11.9. The number of halogens is 1. The monoisotopic (exact) mass is 126 g/mol. The van der Waals surface area contributed by atoms with E-state index in [0.717, 1.165) is 0 Å².